The van der Waals surface area contributed by atoms with Gasteiger partial charge in [-0.05, 0) is 36.4 Å². The van der Waals surface area contributed by atoms with Crippen molar-refractivity contribution in [1.82, 2.24) is 4.90 Å². The number of halogens is 3. The summed E-state index contributed by atoms with van der Waals surface area (Å²) >= 11 is 0. The third-order valence-electron chi connectivity index (χ3n) is 3.67. The molecular formula is C19H22F3NO2. The summed E-state index contributed by atoms with van der Waals surface area (Å²) in [5, 5.41) is 0. The van der Waals surface area contributed by atoms with E-state index in [1.54, 1.807) is 20.2 Å². The first-order chi connectivity index (χ1) is 11.9. The third-order valence-corrected chi connectivity index (χ3v) is 3.67. The molecule has 0 amide bonds. The minimum absolute atomic E-state index is 0.213. The maximum absolute atomic E-state index is 13.1. The van der Waals surface area contributed by atoms with Crippen molar-refractivity contribution in [1.29, 1.82) is 0 Å². The minimum Gasteiger partial charge on any atom is -0.491 e. The van der Waals surface area contributed by atoms with Gasteiger partial charge in [-0.2, -0.15) is 13.2 Å². The second-order valence-corrected chi connectivity index (χ2v) is 5.82. The van der Waals surface area contributed by atoms with Crippen LogP contribution in [0.2, 0.25) is 0 Å². The number of ether oxygens (including phenoxy) is 2. The normalized spacial score (nSPS) is 11.8. The zero-order chi connectivity index (χ0) is 18.3. The molecule has 0 bridgehead atoms. The quantitative estimate of drug-likeness (QED) is 0.658. The summed E-state index contributed by atoms with van der Waals surface area (Å²) in [5.74, 6) is 0.721. The summed E-state index contributed by atoms with van der Waals surface area (Å²) in [6.07, 6.45) is -4.34. The SMILES string of the molecule is COCCOc1cccc(CN(C)Cc2ccccc2C(F)(F)F)c1. The van der Waals surface area contributed by atoms with Gasteiger partial charge < -0.3 is 9.47 Å². The molecule has 3 nitrogen and oxygen atoms in total. The van der Waals surface area contributed by atoms with Crippen LogP contribution in [0.3, 0.4) is 0 Å². The Bertz CT molecular complexity index is 674. The molecule has 0 unspecified atom stereocenters. The van der Waals surface area contributed by atoms with Crippen LogP contribution in [0.1, 0.15) is 16.7 Å². The van der Waals surface area contributed by atoms with Gasteiger partial charge in [0.2, 0.25) is 0 Å². The van der Waals surface area contributed by atoms with Gasteiger partial charge in [0.25, 0.3) is 0 Å². The molecule has 0 heterocycles. The van der Waals surface area contributed by atoms with Gasteiger partial charge in [-0.3, -0.25) is 4.90 Å². The predicted molar refractivity (Wildman–Crippen MR) is 90.4 cm³/mol. The van der Waals surface area contributed by atoms with Crippen molar-refractivity contribution >= 4 is 0 Å². The molecule has 2 aromatic rings. The zero-order valence-electron chi connectivity index (χ0n) is 14.3. The number of hydrogen-bond acceptors (Lipinski definition) is 3. The van der Waals surface area contributed by atoms with Crippen molar-refractivity contribution in [3.63, 3.8) is 0 Å². The summed E-state index contributed by atoms with van der Waals surface area (Å²) in [7, 11) is 3.40. The summed E-state index contributed by atoms with van der Waals surface area (Å²) in [4.78, 5) is 1.85. The van der Waals surface area contributed by atoms with Gasteiger partial charge >= 0.3 is 6.18 Å². The first kappa shape index (κ1) is 19.3. The van der Waals surface area contributed by atoms with E-state index in [1.807, 2.05) is 29.2 Å². The van der Waals surface area contributed by atoms with E-state index in [4.69, 9.17) is 9.47 Å². The maximum atomic E-state index is 13.1. The Morgan fingerprint density at radius 3 is 2.44 bits per heavy atom. The molecule has 0 atom stereocenters. The van der Waals surface area contributed by atoms with Crippen LogP contribution in [0.4, 0.5) is 13.2 Å². The van der Waals surface area contributed by atoms with Crippen LogP contribution in [0.25, 0.3) is 0 Å². The highest BCUT2D eigenvalue weighted by Crippen LogP contribution is 2.32. The molecule has 0 spiro atoms. The van der Waals surface area contributed by atoms with Gasteiger partial charge in [-0.25, -0.2) is 0 Å². The maximum Gasteiger partial charge on any atom is 0.416 e. The lowest BCUT2D eigenvalue weighted by atomic mass is 10.1. The number of alkyl halides is 3. The zero-order valence-corrected chi connectivity index (χ0v) is 14.3. The lowest BCUT2D eigenvalue weighted by molar-refractivity contribution is -0.138. The first-order valence-corrected chi connectivity index (χ1v) is 7.94. The Labute approximate surface area is 146 Å². The average molecular weight is 353 g/mol. The van der Waals surface area contributed by atoms with E-state index >= 15 is 0 Å². The van der Waals surface area contributed by atoms with Crippen molar-refractivity contribution < 1.29 is 22.6 Å². The van der Waals surface area contributed by atoms with Gasteiger partial charge in [0.05, 0.1) is 12.2 Å². The van der Waals surface area contributed by atoms with Crippen LogP contribution in [0, 0.1) is 0 Å². The summed E-state index contributed by atoms with van der Waals surface area (Å²) in [6.45, 7) is 1.69. The van der Waals surface area contributed by atoms with Gasteiger partial charge in [-0.1, -0.05) is 30.3 Å². The molecule has 0 radical (unpaired) electrons. The van der Waals surface area contributed by atoms with Crippen LogP contribution in [0.5, 0.6) is 5.75 Å². The summed E-state index contributed by atoms with van der Waals surface area (Å²) < 4.78 is 49.7. The largest absolute Gasteiger partial charge is 0.491 e. The fraction of sp³-hybridized carbons (Fsp3) is 0.368. The first-order valence-electron chi connectivity index (χ1n) is 7.94. The monoisotopic (exact) mass is 353 g/mol. The van der Waals surface area contributed by atoms with Crippen molar-refractivity contribution in [2.45, 2.75) is 19.3 Å². The molecule has 0 saturated carbocycles. The van der Waals surface area contributed by atoms with Gasteiger partial charge in [0, 0.05) is 20.2 Å². The van der Waals surface area contributed by atoms with E-state index in [-0.39, 0.29) is 12.1 Å². The van der Waals surface area contributed by atoms with Crippen LogP contribution >= 0.6 is 0 Å². The molecule has 0 aliphatic carbocycles. The molecule has 0 saturated heterocycles. The second kappa shape index (κ2) is 8.87. The smallest absolute Gasteiger partial charge is 0.416 e. The van der Waals surface area contributed by atoms with Crippen molar-refractivity contribution in [2.75, 3.05) is 27.4 Å². The van der Waals surface area contributed by atoms with Crippen molar-refractivity contribution in [2.24, 2.45) is 0 Å². The van der Waals surface area contributed by atoms with Crippen molar-refractivity contribution in [3.05, 3.63) is 65.2 Å². The molecule has 0 aliphatic rings. The lowest BCUT2D eigenvalue weighted by Crippen LogP contribution is -2.20. The van der Waals surface area contributed by atoms with Crippen LogP contribution in [-0.4, -0.2) is 32.3 Å². The predicted octanol–water partition coefficient (Wildman–Crippen LogP) is 4.36. The standard InChI is InChI=1S/C19H22F3NO2/c1-23(14-16-7-3-4-9-18(16)19(20,21)22)13-15-6-5-8-17(12-15)25-11-10-24-2/h3-9,12H,10-11,13-14H2,1-2H3. The molecule has 0 fully saturated rings. The van der Waals surface area contributed by atoms with Crippen LogP contribution in [0.15, 0.2) is 48.5 Å². The van der Waals surface area contributed by atoms with Gasteiger partial charge in [-0.15, -0.1) is 0 Å². The molecule has 2 rings (SSSR count). The van der Waals surface area contributed by atoms with Crippen molar-refractivity contribution in [3.8, 4) is 5.75 Å². The molecular weight excluding hydrogens is 331 g/mol. The highest BCUT2D eigenvalue weighted by atomic mass is 19.4. The topological polar surface area (TPSA) is 21.7 Å². The second-order valence-electron chi connectivity index (χ2n) is 5.82. The molecule has 0 aliphatic heterocycles. The van der Waals surface area contributed by atoms with E-state index in [2.05, 4.69) is 0 Å². The molecule has 0 N–H and O–H groups in total. The van der Waals surface area contributed by atoms with E-state index in [0.29, 0.717) is 19.8 Å². The van der Waals surface area contributed by atoms with Crippen LogP contribution < -0.4 is 4.74 Å². The van der Waals surface area contributed by atoms with E-state index in [0.717, 1.165) is 17.4 Å². The fourth-order valence-corrected chi connectivity index (χ4v) is 2.57. The molecule has 2 aromatic carbocycles. The Hall–Kier alpha value is -2.05. The van der Waals surface area contributed by atoms with E-state index in [9.17, 15) is 13.2 Å². The molecule has 136 valence electrons. The number of benzene rings is 2. The van der Waals surface area contributed by atoms with E-state index < -0.39 is 11.7 Å². The highest BCUT2D eigenvalue weighted by Gasteiger charge is 2.32. The van der Waals surface area contributed by atoms with Gasteiger partial charge in [0.1, 0.15) is 12.4 Å². The molecule has 6 heteroatoms. The lowest BCUT2D eigenvalue weighted by Gasteiger charge is -2.20. The summed E-state index contributed by atoms with van der Waals surface area (Å²) in [5.41, 5.74) is 0.658. The van der Waals surface area contributed by atoms with Crippen LogP contribution in [-0.2, 0) is 24.0 Å². The number of methoxy groups -OCH3 is 1. The number of nitrogens with zero attached hydrogens (tertiary/aromatic N) is 1. The molecule has 25 heavy (non-hydrogen) atoms. The Morgan fingerprint density at radius 2 is 1.72 bits per heavy atom. The summed E-state index contributed by atoms with van der Waals surface area (Å²) in [6, 6.07) is 13.2. The fourth-order valence-electron chi connectivity index (χ4n) is 2.57. The Kier molecular flexibility index (Phi) is 6.84. The number of rotatable bonds is 8. The van der Waals surface area contributed by atoms with E-state index in [1.165, 1.54) is 12.1 Å². The molecule has 0 aromatic heterocycles. The van der Waals surface area contributed by atoms with Gasteiger partial charge in [0.15, 0.2) is 0 Å². The Morgan fingerprint density at radius 1 is 0.960 bits per heavy atom. The average Bonchev–Trinajstić information content (AvgIpc) is 2.55. The third kappa shape index (κ3) is 6.07. The Balaban J connectivity index is 2.01. The highest BCUT2D eigenvalue weighted by molar-refractivity contribution is 5.30. The number of hydrogen-bond donors (Lipinski definition) is 0. The minimum atomic E-state index is -4.34.